The Morgan fingerprint density at radius 3 is 2.76 bits per heavy atom. The summed E-state index contributed by atoms with van der Waals surface area (Å²) < 4.78 is 4.87. The van der Waals surface area contributed by atoms with E-state index in [1.165, 1.54) is 18.2 Å². The molecule has 1 aromatic carbocycles. The molecule has 17 heavy (non-hydrogen) atoms. The van der Waals surface area contributed by atoms with E-state index in [2.05, 4.69) is 32.0 Å². The molecule has 0 radical (unpaired) electrons. The van der Waals surface area contributed by atoms with Gasteiger partial charge >= 0.3 is 6.09 Å². The van der Waals surface area contributed by atoms with Crippen LogP contribution in [0.1, 0.15) is 31.0 Å². The third-order valence-corrected chi connectivity index (χ3v) is 3.37. The van der Waals surface area contributed by atoms with Crippen LogP contribution in [-0.4, -0.2) is 24.6 Å². The normalized spacial score (nSPS) is 19.1. The quantitative estimate of drug-likeness (QED) is 0.746. The number of ether oxygens (including phenoxy) is 1. The summed E-state index contributed by atoms with van der Waals surface area (Å²) in [6, 6.07) is 8.50. The van der Waals surface area contributed by atoms with Crippen molar-refractivity contribution in [3.8, 4) is 0 Å². The van der Waals surface area contributed by atoms with Gasteiger partial charge in [-0.25, -0.2) is 4.79 Å². The number of amides is 1. The van der Waals surface area contributed by atoms with Crippen molar-refractivity contribution in [3.63, 3.8) is 0 Å². The van der Waals surface area contributed by atoms with Crippen LogP contribution >= 0.6 is 0 Å². The van der Waals surface area contributed by atoms with E-state index in [0.717, 1.165) is 13.0 Å². The van der Waals surface area contributed by atoms with Crippen LogP contribution in [0, 0.1) is 5.92 Å². The molecule has 0 saturated heterocycles. The summed E-state index contributed by atoms with van der Waals surface area (Å²) >= 11 is 0. The minimum atomic E-state index is -0.224. The molecule has 1 aliphatic rings. The fourth-order valence-corrected chi connectivity index (χ4v) is 2.64. The lowest BCUT2D eigenvalue weighted by atomic mass is 9.86. The zero-order chi connectivity index (χ0) is 12.4. The van der Waals surface area contributed by atoms with Crippen LogP contribution in [0.25, 0.3) is 0 Å². The Balaban J connectivity index is 2.39. The molecule has 1 heterocycles. The first kappa shape index (κ1) is 12.0. The van der Waals surface area contributed by atoms with Gasteiger partial charge in [-0.2, -0.15) is 0 Å². The maximum Gasteiger partial charge on any atom is 0.410 e. The monoisotopic (exact) mass is 233 g/mol. The molecule has 92 valence electrons. The molecule has 3 nitrogen and oxygen atoms in total. The maximum atomic E-state index is 11.8. The van der Waals surface area contributed by atoms with E-state index in [9.17, 15) is 4.79 Å². The van der Waals surface area contributed by atoms with Gasteiger partial charge in [-0.15, -0.1) is 0 Å². The number of hydrogen-bond acceptors (Lipinski definition) is 2. The van der Waals surface area contributed by atoms with Crippen molar-refractivity contribution in [2.24, 2.45) is 5.92 Å². The second kappa shape index (κ2) is 4.78. The molecule has 0 saturated carbocycles. The van der Waals surface area contributed by atoms with Crippen molar-refractivity contribution >= 4 is 6.09 Å². The number of fused-ring (bicyclic) bond motifs is 1. The summed E-state index contributed by atoms with van der Waals surface area (Å²) in [5.74, 6) is 0.385. The SMILES string of the molecule is COC(=O)N1CCc2ccccc2C1C(C)C. The van der Waals surface area contributed by atoms with Crippen LogP contribution in [-0.2, 0) is 11.2 Å². The summed E-state index contributed by atoms with van der Waals surface area (Å²) in [6.07, 6.45) is 0.687. The van der Waals surface area contributed by atoms with Crippen molar-refractivity contribution in [1.82, 2.24) is 4.90 Å². The summed E-state index contributed by atoms with van der Waals surface area (Å²) in [5.41, 5.74) is 2.62. The predicted octanol–water partition coefficient (Wildman–Crippen LogP) is 3.01. The average Bonchev–Trinajstić information content (AvgIpc) is 2.36. The molecule has 3 heteroatoms. The Hall–Kier alpha value is -1.51. The number of hydrogen-bond donors (Lipinski definition) is 0. The van der Waals surface area contributed by atoms with Gasteiger partial charge in [-0.05, 0) is 23.5 Å². The molecule has 0 spiro atoms. The first-order valence-corrected chi connectivity index (χ1v) is 6.07. The maximum absolute atomic E-state index is 11.8. The lowest BCUT2D eigenvalue weighted by Crippen LogP contribution is -2.42. The molecule has 0 N–H and O–H groups in total. The zero-order valence-corrected chi connectivity index (χ0v) is 10.6. The molecule has 0 aromatic heterocycles. The lowest BCUT2D eigenvalue weighted by Gasteiger charge is -2.38. The van der Waals surface area contributed by atoms with Crippen LogP contribution in [0.3, 0.4) is 0 Å². The molecule has 1 aliphatic heterocycles. The van der Waals surface area contributed by atoms with E-state index in [4.69, 9.17) is 4.74 Å². The number of carbonyl (C=O) groups is 1. The van der Waals surface area contributed by atoms with Crippen LogP contribution in [0.4, 0.5) is 4.79 Å². The van der Waals surface area contributed by atoms with E-state index in [-0.39, 0.29) is 12.1 Å². The van der Waals surface area contributed by atoms with Crippen LogP contribution in [0.15, 0.2) is 24.3 Å². The van der Waals surface area contributed by atoms with Crippen LogP contribution in [0.2, 0.25) is 0 Å². The van der Waals surface area contributed by atoms with Gasteiger partial charge in [0.05, 0.1) is 13.2 Å². The molecule has 1 unspecified atom stereocenters. The minimum absolute atomic E-state index is 0.132. The van der Waals surface area contributed by atoms with Gasteiger partial charge in [0.2, 0.25) is 0 Å². The first-order chi connectivity index (χ1) is 8.15. The van der Waals surface area contributed by atoms with Gasteiger partial charge < -0.3 is 9.64 Å². The third-order valence-electron chi connectivity index (χ3n) is 3.37. The lowest BCUT2D eigenvalue weighted by molar-refractivity contribution is 0.0877. The second-order valence-corrected chi connectivity index (χ2v) is 4.80. The van der Waals surface area contributed by atoms with Crippen LogP contribution in [0.5, 0.6) is 0 Å². The highest BCUT2D eigenvalue weighted by Crippen LogP contribution is 2.35. The summed E-state index contributed by atoms with van der Waals surface area (Å²) in [4.78, 5) is 13.6. The number of nitrogens with zero attached hydrogens (tertiary/aromatic N) is 1. The average molecular weight is 233 g/mol. The van der Waals surface area contributed by atoms with Gasteiger partial charge in [-0.1, -0.05) is 38.1 Å². The number of carbonyl (C=O) groups excluding carboxylic acids is 1. The predicted molar refractivity (Wildman–Crippen MR) is 66.8 cm³/mol. The Kier molecular flexibility index (Phi) is 3.36. The highest BCUT2D eigenvalue weighted by Gasteiger charge is 2.32. The highest BCUT2D eigenvalue weighted by atomic mass is 16.5. The van der Waals surface area contributed by atoms with E-state index in [1.807, 2.05) is 11.0 Å². The Labute approximate surface area is 102 Å². The van der Waals surface area contributed by atoms with Gasteiger partial charge in [0, 0.05) is 6.54 Å². The number of rotatable bonds is 1. The summed E-state index contributed by atoms with van der Waals surface area (Å²) in [6.45, 7) is 5.03. The minimum Gasteiger partial charge on any atom is -0.453 e. The van der Waals surface area contributed by atoms with Crippen molar-refractivity contribution in [2.45, 2.75) is 26.3 Å². The smallest absolute Gasteiger partial charge is 0.410 e. The Morgan fingerprint density at radius 1 is 1.41 bits per heavy atom. The largest absolute Gasteiger partial charge is 0.453 e. The molecule has 1 amide bonds. The number of benzene rings is 1. The Morgan fingerprint density at radius 2 is 2.12 bits per heavy atom. The standard InChI is InChI=1S/C14H19NO2/c1-10(2)13-12-7-5-4-6-11(12)8-9-15(13)14(16)17-3/h4-7,10,13H,8-9H2,1-3H3. The summed E-state index contributed by atoms with van der Waals surface area (Å²) in [7, 11) is 1.44. The molecular weight excluding hydrogens is 214 g/mol. The molecule has 0 fully saturated rings. The Bertz CT molecular complexity index is 414. The van der Waals surface area contributed by atoms with Crippen molar-refractivity contribution in [1.29, 1.82) is 0 Å². The topological polar surface area (TPSA) is 29.5 Å². The van der Waals surface area contributed by atoms with Crippen molar-refractivity contribution in [2.75, 3.05) is 13.7 Å². The van der Waals surface area contributed by atoms with Gasteiger partial charge in [0.15, 0.2) is 0 Å². The molecule has 0 bridgehead atoms. The van der Waals surface area contributed by atoms with E-state index in [0.29, 0.717) is 5.92 Å². The first-order valence-electron chi connectivity index (χ1n) is 6.07. The molecule has 0 aliphatic carbocycles. The molecule has 1 atom stereocenters. The third kappa shape index (κ3) is 2.14. The van der Waals surface area contributed by atoms with E-state index < -0.39 is 0 Å². The van der Waals surface area contributed by atoms with E-state index >= 15 is 0 Å². The van der Waals surface area contributed by atoms with Crippen molar-refractivity contribution < 1.29 is 9.53 Å². The highest BCUT2D eigenvalue weighted by molar-refractivity contribution is 5.69. The van der Waals surface area contributed by atoms with Gasteiger partial charge in [0.25, 0.3) is 0 Å². The second-order valence-electron chi connectivity index (χ2n) is 4.80. The van der Waals surface area contributed by atoms with Gasteiger partial charge in [-0.3, -0.25) is 0 Å². The van der Waals surface area contributed by atoms with Crippen LogP contribution < -0.4 is 0 Å². The van der Waals surface area contributed by atoms with E-state index in [1.54, 1.807) is 0 Å². The molecule has 2 rings (SSSR count). The van der Waals surface area contributed by atoms with Gasteiger partial charge in [0.1, 0.15) is 0 Å². The molecular formula is C14H19NO2. The zero-order valence-electron chi connectivity index (χ0n) is 10.6. The fraction of sp³-hybridized carbons (Fsp3) is 0.500. The summed E-state index contributed by atoms with van der Waals surface area (Å²) in [5, 5.41) is 0. The van der Waals surface area contributed by atoms with Crippen molar-refractivity contribution in [3.05, 3.63) is 35.4 Å². The molecule has 1 aromatic rings. The number of methoxy groups -OCH3 is 1. The fourth-order valence-electron chi connectivity index (χ4n) is 2.64.